The monoisotopic (exact) mass is 299 g/mol. The first kappa shape index (κ1) is 14.8. The number of alkyl halides is 3. The number of amides is 1. The number of nitrogens with two attached hydrogens (primary N) is 1. The van der Waals surface area contributed by atoms with E-state index in [4.69, 9.17) is 5.73 Å². The molecule has 0 bridgehead atoms. The molecule has 0 radical (unpaired) electrons. The summed E-state index contributed by atoms with van der Waals surface area (Å²) in [7, 11) is 0. The van der Waals surface area contributed by atoms with Crippen molar-refractivity contribution >= 4 is 5.91 Å². The van der Waals surface area contributed by atoms with Gasteiger partial charge in [0, 0.05) is 16.7 Å². The number of carbonyl (C=O) groups excluding carboxylic acids is 1. The van der Waals surface area contributed by atoms with Gasteiger partial charge in [-0.25, -0.2) is 4.39 Å². The molecule has 2 aromatic rings. The number of primary amides is 1. The third-order valence-corrected chi connectivity index (χ3v) is 2.66. The first-order valence-corrected chi connectivity index (χ1v) is 5.72. The molecule has 0 saturated heterocycles. The molecular weight excluding hydrogens is 290 g/mol. The fraction of sp³-hybridized carbons (Fsp3) is 0.0714. The zero-order valence-corrected chi connectivity index (χ0v) is 10.4. The number of rotatable bonds is 3. The summed E-state index contributed by atoms with van der Waals surface area (Å²) in [5.74, 6) is -2.24. The van der Waals surface area contributed by atoms with Gasteiger partial charge in [0.2, 0.25) is 5.91 Å². The van der Waals surface area contributed by atoms with Crippen LogP contribution in [-0.4, -0.2) is 12.3 Å². The quantitative estimate of drug-likeness (QED) is 0.882. The van der Waals surface area contributed by atoms with E-state index in [1.165, 1.54) is 30.3 Å². The summed E-state index contributed by atoms with van der Waals surface area (Å²) in [6.07, 6.45) is -4.89. The number of para-hydroxylation sites is 1. The maximum Gasteiger partial charge on any atom is 0.573 e. The Kier molecular flexibility index (Phi) is 3.84. The Morgan fingerprint density at radius 1 is 1.05 bits per heavy atom. The Labute approximate surface area is 116 Å². The molecule has 0 aliphatic rings. The second-order valence-corrected chi connectivity index (χ2v) is 4.10. The summed E-state index contributed by atoms with van der Waals surface area (Å²) >= 11 is 0. The molecule has 0 unspecified atom stereocenters. The predicted molar refractivity (Wildman–Crippen MR) is 67.0 cm³/mol. The molecule has 0 saturated carbocycles. The van der Waals surface area contributed by atoms with Gasteiger partial charge in [0.1, 0.15) is 11.6 Å². The number of hydrogen-bond donors (Lipinski definition) is 1. The molecule has 0 fully saturated rings. The van der Waals surface area contributed by atoms with Crippen LogP contribution >= 0.6 is 0 Å². The lowest BCUT2D eigenvalue weighted by atomic mass is 10.0. The molecule has 2 N–H and O–H groups in total. The van der Waals surface area contributed by atoms with Crippen molar-refractivity contribution in [2.24, 2.45) is 5.73 Å². The molecule has 0 aliphatic heterocycles. The van der Waals surface area contributed by atoms with Crippen molar-refractivity contribution in [1.82, 2.24) is 0 Å². The largest absolute Gasteiger partial charge is 0.573 e. The summed E-state index contributed by atoms with van der Waals surface area (Å²) in [5, 5.41) is 0. The van der Waals surface area contributed by atoms with Crippen molar-refractivity contribution in [1.29, 1.82) is 0 Å². The molecule has 110 valence electrons. The van der Waals surface area contributed by atoms with Gasteiger partial charge in [0.15, 0.2) is 0 Å². The van der Waals surface area contributed by atoms with Crippen LogP contribution in [0.4, 0.5) is 17.6 Å². The van der Waals surface area contributed by atoms with Crippen molar-refractivity contribution in [2.45, 2.75) is 6.36 Å². The number of halogens is 4. The van der Waals surface area contributed by atoms with Gasteiger partial charge < -0.3 is 10.5 Å². The molecule has 1 amide bonds. The van der Waals surface area contributed by atoms with E-state index < -0.39 is 23.8 Å². The molecule has 21 heavy (non-hydrogen) atoms. The zero-order chi connectivity index (χ0) is 15.6. The average molecular weight is 299 g/mol. The van der Waals surface area contributed by atoms with E-state index in [9.17, 15) is 22.4 Å². The van der Waals surface area contributed by atoms with Crippen LogP contribution < -0.4 is 10.5 Å². The van der Waals surface area contributed by atoms with Crippen LogP contribution in [0.3, 0.4) is 0 Å². The molecule has 0 heterocycles. The Hall–Kier alpha value is -2.57. The molecule has 0 spiro atoms. The summed E-state index contributed by atoms with van der Waals surface area (Å²) in [6, 6.07) is 8.40. The van der Waals surface area contributed by atoms with E-state index in [1.807, 2.05) is 0 Å². The lowest BCUT2D eigenvalue weighted by molar-refractivity contribution is -0.274. The standard InChI is InChI=1S/C14H9F4NO2/c15-11-7-8(13(19)20)5-6-9(11)10-3-1-2-4-12(10)21-14(16,17)18/h1-7H,(H2,19,20). The summed E-state index contributed by atoms with van der Waals surface area (Å²) in [5.41, 5.74) is 4.72. The molecule has 2 aromatic carbocycles. The van der Waals surface area contributed by atoms with Gasteiger partial charge in [0.05, 0.1) is 0 Å². The summed E-state index contributed by atoms with van der Waals surface area (Å²) in [4.78, 5) is 10.9. The highest BCUT2D eigenvalue weighted by molar-refractivity contribution is 5.93. The predicted octanol–water partition coefficient (Wildman–Crippen LogP) is 3.49. The maximum atomic E-state index is 14.0. The number of hydrogen-bond acceptors (Lipinski definition) is 2. The SMILES string of the molecule is NC(=O)c1ccc(-c2ccccc2OC(F)(F)F)c(F)c1. The minimum atomic E-state index is -4.89. The van der Waals surface area contributed by atoms with E-state index in [2.05, 4.69) is 4.74 Å². The fourth-order valence-electron chi connectivity index (χ4n) is 1.79. The lowest BCUT2D eigenvalue weighted by Gasteiger charge is -2.14. The van der Waals surface area contributed by atoms with Crippen molar-refractivity contribution in [3.8, 4) is 16.9 Å². The van der Waals surface area contributed by atoms with E-state index in [0.717, 1.165) is 12.1 Å². The summed E-state index contributed by atoms with van der Waals surface area (Å²) in [6.45, 7) is 0. The number of ether oxygens (including phenoxy) is 1. The minimum absolute atomic E-state index is 0.0783. The Morgan fingerprint density at radius 2 is 1.71 bits per heavy atom. The first-order chi connectivity index (χ1) is 9.78. The Bertz CT molecular complexity index is 683. The molecule has 7 heteroatoms. The highest BCUT2D eigenvalue weighted by Crippen LogP contribution is 2.35. The van der Waals surface area contributed by atoms with E-state index in [0.29, 0.717) is 0 Å². The van der Waals surface area contributed by atoms with Crippen LogP contribution in [-0.2, 0) is 0 Å². The van der Waals surface area contributed by atoms with Gasteiger partial charge in [-0.15, -0.1) is 13.2 Å². The number of benzene rings is 2. The Morgan fingerprint density at radius 3 is 2.29 bits per heavy atom. The normalized spacial score (nSPS) is 11.2. The molecule has 0 aliphatic carbocycles. The molecule has 3 nitrogen and oxygen atoms in total. The second kappa shape index (κ2) is 5.43. The minimum Gasteiger partial charge on any atom is -0.405 e. The van der Waals surface area contributed by atoms with Gasteiger partial charge in [0.25, 0.3) is 0 Å². The highest BCUT2D eigenvalue weighted by Gasteiger charge is 2.32. The third kappa shape index (κ3) is 3.50. The first-order valence-electron chi connectivity index (χ1n) is 5.72. The van der Waals surface area contributed by atoms with Gasteiger partial charge in [-0.3, -0.25) is 4.79 Å². The fourth-order valence-corrected chi connectivity index (χ4v) is 1.79. The topological polar surface area (TPSA) is 52.3 Å². The van der Waals surface area contributed by atoms with E-state index in [-0.39, 0.29) is 16.7 Å². The zero-order valence-electron chi connectivity index (χ0n) is 10.4. The van der Waals surface area contributed by atoms with Crippen molar-refractivity contribution < 1.29 is 27.1 Å². The van der Waals surface area contributed by atoms with Crippen LogP contribution in [0, 0.1) is 5.82 Å². The van der Waals surface area contributed by atoms with E-state index in [1.54, 1.807) is 0 Å². The Balaban J connectivity index is 2.50. The van der Waals surface area contributed by atoms with Crippen LogP contribution in [0.5, 0.6) is 5.75 Å². The highest BCUT2D eigenvalue weighted by atomic mass is 19.4. The second-order valence-electron chi connectivity index (χ2n) is 4.10. The third-order valence-electron chi connectivity index (χ3n) is 2.66. The van der Waals surface area contributed by atoms with Crippen molar-refractivity contribution in [3.05, 3.63) is 53.8 Å². The number of carbonyl (C=O) groups is 1. The van der Waals surface area contributed by atoms with Gasteiger partial charge in [-0.05, 0) is 18.2 Å². The molecular formula is C14H9F4NO2. The van der Waals surface area contributed by atoms with Crippen LogP contribution in [0.2, 0.25) is 0 Å². The van der Waals surface area contributed by atoms with Crippen molar-refractivity contribution in [2.75, 3.05) is 0 Å². The lowest BCUT2D eigenvalue weighted by Crippen LogP contribution is -2.17. The van der Waals surface area contributed by atoms with Gasteiger partial charge in [-0.2, -0.15) is 0 Å². The van der Waals surface area contributed by atoms with Crippen LogP contribution in [0.15, 0.2) is 42.5 Å². The summed E-state index contributed by atoms with van der Waals surface area (Å²) < 4.78 is 54.8. The van der Waals surface area contributed by atoms with Gasteiger partial charge in [-0.1, -0.05) is 24.3 Å². The molecule has 0 aromatic heterocycles. The van der Waals surface area contributed by atoms with Crippen LogP contribution in [0.1, 0.15) is 10.4 Å². The van der Waals surface area contributed by atoms with Crippen molar-refractivity contribution in [3.63, 3.8) is 0 Å². The molecule has 2 rings (SSSR count). The average Bonchev–Trinajstić information content (AvgIpc) is 2.37. The smallest absolute Gasteiger partial charge is 0.405 e. The van der Waals surface area contributed by atoms with E-state index >= 15 is 0 Å². The van der Waals surface area contributed by atoms with Crippen LogP contribution in [0.25, 0.3) is 11.1 Å². The maximum absolute atomic E-state index is 14.0. The molecule has 0 atom stereocenters. The van der Waals surface area contributed by atoms with Gasteiger partial charge >= 0.3 is 6.36 Å².